The third-order valence-corrected chi connectivity index (χ3v) is 8.17. The molecule has 0 aliphatic carbocycles. The number of ether oxygens (including phenoxy) is 2. The zero-order valence-electron chi connectivity index (χ0n) is 22.1. The molecule has 2 nitrogen and oxygen atoms in total. The van der Waals surface area contributed by atoms with E-state index in [0.29, 0.717) is 0 Å². The third-order valence-electron chi connectivity index (χ3n) is 8.17. The monoisotopic (exact) mass is 512 g/mol. The molecular formula is C37H25BO2. The molecule has 0 saturated heterocycles. The van der Waals surface area contributed by atoms with E-state index >= 15 is 0 Å². The van der Waals surface area contributed by atoms with Crippen LogP contribution in [0.5, 0.6) is 23.0 Å². The highest BCUT2D eigenvalue weighted by molar-refractivity contribution is 6.98. The first kappa shape index (κ1) is 22.9. The summed E-state index contributed by atoms with van der Waals surface area (Å²) >= 11 is 0. The highest BCUT2D eigenvalue weighted by atomic mass is 16.5. The van der Waals surface area contributed by atoms with Crippen molar-refractivity contribution in [2.75, 3.05) is 0 Å². The van der Waals surface area contributed by atoms with Crippen LogP contribution in [0.3, 0.4) is 0 Å². The van der Waals surface area contributed by atoms with E-state index in [2.05, 4.69) is 134 Å². The largest absolute Gasteiger partial charge is 0.458 e. The number of fused-ring (bicyclic) bond motifs is 4. The molecule has 188 valence electrons. The van der Waals surface area contributed by atoms with Crippen LogP contribution in [0.1, 0.15) is 5.56 Å². The summed E-state index contributed by atoms with van der Waals surface area (Å²) in [6.45, 7) is 2.15. The Hall–Kier alpha value is -5.02. The Balaban J connectivity index is 1.37. The molecular weight excluding hydrogens is 487 g/mol. The summed E-state index contributed by atoms with van der Waals surface area (Å²) < 4.78 is 13.4. The van der Waals surface area contributed by atoms with E-state index < -0.39 is 0 Å². The Morgan fingerprint density at radius 1 is 0.450 bits per heavy atom. The van der Waals surface area contributed by atoms with Gasteiger partial charge < -0.3 is 9.47 Å². The van der Waals surface area contributed by atoms with Gasteiger partial charge in [-0.2, -0.15) is 0 Å². The molecule has 0 N–H and O–H groups in total. The zero-order valence-corrected chi connectivity index (χ0v) is 22.1. The van der Waals surface area contributed by atoms with Crippen LogP contribution in [0.25, 0.3) is 33.4 Å². The highest BCUT2D eigenvalue weighted by Gasteiger charge is 2.41. The minimum Gasteiger partial charge on any atom is -0.458 e. The van der Waals surface area contributed by atoms with Crippen molar-refractivity contribution in [3.05, 3.63) is 139 Å². The van der Waals surface area contributed by atoms with Gasteiger partial charge in [0.25, 0.3) is 6.71 Å². The molecule has 0 aromatic heterocycles. The molecule has 0 atom stereocenters. The Bertz CT molecular complexity index is 1910. The number of hydrogen-bond acceptors (Lipinski definition) is 2. The van der Waals surface area contributed by atoms with Crippen molar-refractivity contribution in [1.29, 1.82) is 0 Å². The number of hydrogen-bond donors (Lipinski definition) is 0. The number of aryl methyl sites for hydroxylation is 1. The summed E-state index contributed by atoms with van der Waals surface area (Å²) in [4.78, 5) is 0. The van der Waals surface area contributed by atoms with Crippen molar-refractivity contribution in [2.24, 2.45) is 0 Å². The second-order valence-electron chi connectivity index (χ2n) is 10.5. The molecule has 8 rings (SSSR count). The van der Waals surface area contributed by atoms with Crippen molar-refractivity contribution in [2.45, 2.75) is 6.92 Å². The predicted molar refractivity (Wildman–Crippen MR) is 165 cm³/mol. The Morgan fingerprint density at radius 3 is 1.95 bits per heavy atom. The summed E-state index contributed by atoms with van der Waals surface area (Å²) in [6.07, 6.45) is 0. The highest BCUT2D eigenvalue weighted by Crippen LogP contribution is 2.42. The summed E-state index contributed by atoms with van der Waals surface area (Å²) in [5.41, 5.74) is 11.6. The molecule has 0 amide bonds. The lowest BCUT2D eigenvalue weighted by Crippen LogP contribution is -2.57. The standard InChI is InChI=1S/C37H25BO2/c1-24-10-8-9-15-29(24)28-16-19-31-35(23-28)40-37-30(26-13-6-3-7-14-26)18-21-34-36(37)38(31)32-22-27(17-20-33(32)39-34)25-11-4-2-5-12-25/h2-23H,1H3. The minimum atomic E-state index is -0.00394. The number of benzene rings is 6. The maximum absolute atomic E-state index is 6.86. The molecule has 2 heterocycles. The molecule has 0 fully saturated rings. The zero-order chi connectivity index (χ0) is 26.6. The topological polar surface area (TPSA) is 18.5 Å². The van der Waals surface area contributed by atoms with Gasteiger partial charge in [-0.15, -0.1) is 0 Å². The maximum atomic E-state index is 6.86. The van der Waals surface area contributed by atoms with Gasteiger partial charge in [-0.25, -0.2) is 0 Å². The Kier molecular flexibility index (Phi) is 5.18. The van der Waals surface area contributed by atoms with Gasteiger partial charge in [0.2, 0.25) is 0 Å². The lowest BCUT2D eigenvalue weighted by molar-refractivity contribution is 0.466. The van der Waals surface area contributed by atoms with Gasteiger partial charge >= 0.3 is 0 Å². The van der Waals surface area contributed by atoms with Gasteiger partial charge in [-0.1, -0.05) is 109 Å². The summed E-state index contributed by atoms with van der Waals surface area (Å²) in [7, 11) is 0. The van der Waals surface area contributed by atoms with E-state index in [-0.39, 0.29) is 6.71 Å². The quantitative estimate of drug-likeness (QED) is 0.226. The Labute approximate surface area is 234 Å². The lowest BCUT2D eigenvalue weighted by Gasteiger charge is -2.34. The maximum Gasteiger partial charge on any atom is 0.260 e. The molecule has 6 aromatic rings. The van der Waals surface area contributed by atoms with Crippen molar-refractivity contribution in [3.8, 4) is 56.4 Å². The molecule has 0 saturated carbocycles. The van der Waals surface area contributed by atoms with E-state index in [4.69, 9.17) is 9.47 Å². The fourth-order valence-electron chi connectivity index (χ4n) is 6.21. The molecule has 40 heavy (non-hydrogen) atoms. The normalized spacial score (nSPS) is 12.5. The van der Waals surface area contributed by atoms with Crippen molar-refractivity contribution < 1.29 is 9.47 Å². The summed E-state index contributed by atoms with van der Waals surface area (Å²) in [5.74, 6) is 3.52. The SMILES string of the molecule is Cc1ccccc1-c1ccc2c(c1)Oc1c(-c3ccccc3)ccc3c1B2c1cc(-c2ccccc2)ccc1O3. The van der Waals surface area contributed by atoms with Crippen molar-refractivity contribution in [3.63, 3.8) is 0 Å². The fraction of sp³-hybridized carbons (Fsp3) is 0.0270. The first-order valence-electron chi connectivity index (χ1n) is 13.7. The van der Waals surface area contributed by atoms with Crippen LogP contribution >= 0.6 is 0 Å². The molecule has 2 aliphatic heterocycles. The molecule has 2 aliphatic rings. The van der Waals surface area contributed by atoms with Crippen molar-refractivity contribution in [1.82, 2.24) is 0 Å². The lowest BCUT2D eigenvalue weighted by atomic mass is 9.34. The van der Waals surface area contributed by atoms with Crippen molar-refractivity contribution >= 4 is 23.1 Å². The summed E-state index contributed by atoms with van der Waals surface area (Å²) in [6, 6.07) is 47.0. The van der Waals surface area contributed by atoms with Crippen LogP contribution < -0.4 is 25.9 Å². The average Bonchev–Trinajstić information content (AvgIpc) is 3.01. The molecule has 0 radical (unpaired) electrons. The van der Waals surface area contributed by atoms with Gasteiger partial charge in [0, 0.05) is 11.0 Å². The van der Waals surface area contributed by atoms with Gasteiger partial charge in [0.15, 0.2) is 0 Å². The van der Waals surface area contributed by atoms with Crippen LogP contribution in [0.15, 0.2) is 133 Å². The van der Waals surface area contributed by atoms with E-state index in [0.717, 1.165) is 56.1 Å². The predicted octanol–water partition coefficient (Wildman–Crippen LogP) is 7.72. The first-order valence-corrected chi connectivity index (χ1v) is 13.7. The van der Waals surface area contributed by atoms with Crippen LogP contribution in [0.4, 0.5) is 0 Å². The number of rotatable bonds is 3. The van der Waals surface area contributed by atoms with Crippen LogP contribution in [0, 0.1) is 6.92 Å². The van der Waals surface area contributed by atoms with E-state index in [1.54, 1.807) is 0 Å². The van der Waals surface area contributed by atoms with E-state index in [9.17, 15) is 0 Å². The van der Waals surface area contributed by atoms with Gasteiger partial charge in [0.1, 0.15) is 23.0 Å². The molecule has 0 unspecified atom stereocenters. The van der Waals surface area contributed by atoms with Crippen LogP contribution in [-0.4, -0.2) is 6.71 Å². The van der Waals surface area contributed by atoms with Gasteiger partial charge in [0.05, 0.1) is 0 Å². The van der Waals surface area contributed by atoms with Gasteiger partial charge in [-0.05, 0) is 75.5 Å². The third kappa shape index (κ3) is 3.59. The first-order chi connectivity index (χ1) is 19.7. The molecule has 6 aromatic carbocycles. The Morgan fingerprint density at radius 2 is 1.15 bits per heavy atom. The molecule has 0 bridgehead atoms. The fourth-order valence-corrected chi connectivity index (χ4v) is 6.21. The smallest absolute Gasteiger partial charge is 0.260 e. The minimum absolute atomic E-state index is 0.00394. The second kappa shape index (κ2) is 9.03. The summed E-state index contributed by atoms with van der Waals surface area (Å²) in [5, 5.41) is 0. The van der Waals surface area contributed by atoms with Crippen LogP contribution in [-0.2, 0) is 0 Å². The van der Waals surface area contributed by atoms with Gasteiger partial charge in [-0.3, -0.25) is 0 Å². The van der Waals surface area contributed by atoms with E-state index in [1.807, 2.05) is 6.07 Å². The van der Waals surface area contributed by atoms with Crippen LogP contribution in [0.2, 0.25) is 0 Å². The van der Waals surface area contributed by atoms with E-state index in [1.165, 1.54) is 22.3 Å². The average molecular weight is 512 g/mol. The molecule has 3 heteroatoms. The second-order valence-corrected chi connectivity index (χ2v) is 10.5. The molecule has 0 spiro atoms.